The third kappa shape index (κ3) is 4.04. The minimum atomic E-state index is -0.436. The van der Waals surface area contributed by atoms with Crippen molar-refractivity contribution >= 4 is 55.7 Å². The van der Waals surface area contributed by atoms with Crippen molar-refractivity contribution < 1.29 is 9.53 Å². The molecule has 8 heteroatoms. The highest BCUT2D eigenvalue weighted by atomic mass is 79.9. The molecule has 0 saturated heterocycles. The van der Waals surface area contributed by atoms with Gasteiger partial charge in [-0.05, 0) is 76.4 Å². The van der Waals surface area contributed by atoms with E-state index in [0.717, 1.165) is 20.6 Å². The molecule has 0 bridgehead atoms. The summed E-state index contributed by atoms with van der Waals surface area (Å²) in [5.74, 6) is 0.298. The Morgan fingerprint density at radius 3 is 2.79 bits per heavy atom. The van der Waals surface area contributed by atoms with Gasteiger partial charge in [-0.2, -0.15) is 15.1 Å². The molecule has 0 saturated carbocycles. The number of nitrogens with one attached hydrogen (secondary N) is 1. The van der Waals surface area contributed by atoms with E-state index in [-0.39, 0.29) is 11.4 Å². The number of amides is 1. The molecule has 0 aromatic heterocycles. The maximum atomic E-state index is 12.4. The van der Waals surface area contributed by atoms with Crippen LogP contribution >= 0.6 is 27.7 Å². The highest BCUT2D eigenvalue weighted by Gasteiger charge is 2.34. The van der Waals surface area contributed by atoms with Gasteiger partial charge in [0.15, 0.2) is 5.84 Å². The summed E-state index contributed by atoms with van der Waals surface area (Å²) in [4.78, 5) is 16.4. The number of nitrogens with zero attached hydrogens (tertiary/aromatic N) is 3. The lowest BCUT2D eigenvalue weighted by Gasteiger charge is -2.20. The number of carbonyl (C=O) groups is 1. The molecule has 0 aliphatic carbocycles. The normalized spacial score (nSPS) is 17.3. The fraction of sp³-hybridized carbons (Fsp3) is 0.143. The van der Waals surface area contributed by atoms with Crippen LogP contribution in [-0.4, -0.2) is 27.0 Å². The summed E-state index contributed by atoms with van der Waals surface area (Å²) >= 11 is 4.82. The van der Waals surface area contributed by atoms with Crippen molar-refractivity contribution in [2.24, 2.45) is 10.1 Å². The van der Waals surface area contributed by atoms with Crippen LogP contribution in [0, 0.1) is 12.3 Å². The van der Waals surface area contributed by atoms with Gasteiger partial charge in [-0.25, -0.2) is 0 Å². The molecule has 1 N–H and O–H groups in total. The lowest BCUT2D eigenvalue weighted by Crippen LogP contribution is -2.35. The highest BCUT2D eigenvalue weighted by molar-refractivity contribution is 9.10. The van der Waals surface area contributed by atoms with Gasteiger partial charge in [0.1, 0.15) is 12.4 Å². The van der Waals surface area contributed by atoms with Gasteiger partial charge in [0.25, 0.3) is 5.91 Å². The van der Waals surface area contributed by atoms with Crippen molar-refractivity contribution in [3.63, 3.8) is 0 Å². The van der Waals surface area contributed by atoms with Crippen LogP contribution in [0.4, 0.5) is 0 Å². The topological polar surface area (TPSA) is 78.1 Å². The van der Waals surface area contributed by atoms with E-state index in [4.69, 9.17) is 10.1 Å². The number of aryl methyl sites for hydroxylation is 1. The Hall–Kier alpha value is -2.71. The first-order valence-corrected chi connectivity index (χ1v) is 10.5. The number of hydrogen-bond donors (Lipinski definition) is 1. The molecule has 0 fully saturated rings. The van der Waals surface area contributed by atoms with Gasteiger partial charge >= 0.3 is 0 Å². The Labute approximate surface area is 181 Å². The predicted octanol–water partition coefficient (Wildman–Crippen LogP) is 4.98. The minimum Gasteiger partial charge on any atom is -0.488 e. The van der Waals surface area contributed by atoms with Gasteiger partial charge in [0.2, 0.25) is 5.17 Å². The molecular formula is C21H17BrN4O2S. The largest absolute Gasteiger partial charge is 0.488 e. The maximum absolute atomic E-state index is 12.4. The molecule has 2 aliphatic heterocycles. The van der Waals surface area contributed by atoms with Crippen molar-refractivity contribution in [1.29, 1.82) is 5.41 Å². The zero-order valence-corrected chi connectivity index (χ0v) is 18.2. The average molecular weight is 469 g/mol. The molecule has 6 nitrogen and oxygen atoms in total. The molecule has 146 valence electrons. The summed E-state index contributed by atoms with van der Waals surface area (Å²) in [6.07, 6.45) is 1.65. The van der Waals surface area contributed by atoms with Crippen LogP contribution in [0.5, 0.6) is 5.75 Å². The van der Waals surface area contributed by atoms with Crippen LogP contribution in [0.25, 0.3) is 6.08 Å². The minimum absolute atomic E-state index is 0.0281. The number of ether oxygens (including phenoxy) is 1. The van der Waals surface area contributed by atoms with Crippen LogP contribution in [0.1, 0.15) is 23.6 Å². The molecule has 4 rings (SSSR count). The highest BCUT2D eigenvalue weighted by Crippen LogP contribution is 2.30. The SMILES string of the molecule is CC1=NN2C(=N)/C(=C/c3ccc(OCc4ccccc4C)c(Br)c3)C(=O)N=C2S1. The van der Waals surface area contributed by atoms with E-state index in [9.17, 15) is 4.79 Å². The van der Waals surface area contributed by atoms with Crippen molar-refractivity contribution in [3.8, 4) is 5.75 Å². The van der Waals surface area contributed by atoms with Gasteiger partial charge in [-0.3, -0.25) is 10.2 Å². The molecule has 0 atom stereocenters. The van der Waals surface area contributed by atoms with Crippen LogP contribution < -0.4 is 4.74 Å². The van der Waals surface area contributed by atoms with Crippen molar-refractivity contribution in [2.75, 3.05) is 0 Å². The summed E-state index contributed by atoms with van der Waals surface area (Å²) in [5.41, 5.74) is 3.27. The second kappa shape index (κ2) is 7.96. The molecule has 0 spiro atoms. The molecule has 29 heavy (non-hydrogen) atoms. The number of hydrazone groups is 1. The fourth-order valence-electron chi connectivity index (χ4n) is 2.91. The summed E-state index contributed by atoms with van der Waals surface area (Å²) in [6.45, 7) is 4.34. The van der Waals surface area contributed by atoms with Gasteiger partial charge in [-0.1, -0.05) is 30.3 Å². The number of thioether (sulfide) groups is 1. The Bertz CT molecular complexity index is 1120. The van der Waals surface area contributed by atoms with E-state index in [0.29, 0.717) is 17.5 Å². The quantitative estimate of drug-likeness (QED) is 0.641. The monoisotopic (exact) mass is 468 g/mol. The van der Waals surface area contributed by atoms with E-state index < -0.39 is 5.91 Å². The lowest BCUT2D eigenvalue weighted by molar-refractivity contribution is -0.114. The second-order valence-electron chi connectivity index (χ2n) is 6.54. The third-order valence-electron chi connectivity index (χ3n) is 4.47. The molecule has 0 radical (unpaired) electrons. The van der Waals surface area contributed by atoms with Crippen molar-refractivity contribution in [3.05, 3.63) is 69.2 Å². The Kier molecular flexibility index (Phi) is 5.38. The number of rotatable bonds is 4. The molecule has 2 aliphatic rings. The van der Waals surface area contributed by atoms with E-state index in [1.807, 2.05) is 43.3 Å². The van der Waals surface area contributed by atoms with Gasteiger partial charge in [-0.15, -0.1) is 0 Å². The van der Waals surface area contributed by atoms with E-state index in [1.165, 1.54) is 22.3 Å². The number of fused-ring (bicyclic) bond motifs is 1. The third-order valence-corrected chi connectivity index (χ3v) is 5.91. The summed E-state index contributed by atoms with van der Waals surface area (Å²) in [6, 6.07) is 13.6. The first-order valence-electron chi connectivity index (χ1n) is 8.86. The smallest absolute Gasteiger partial charge is 0.283 e. The number of carbonyl (C=O) groups excluding carboxylic acids is 1. The van der Waals surface area contributed by atoms with Crippen molar-refractivity contribution in [1.82, 2.24) is 5.01 Å². The second-order valence-corrected chi connectivity index (χ2v) is 8.56. The molecule has 2 heterocycles. The maximum Gasteiger partial charge on any atom is 0.283 e. The number of hydrogen-bond acceptors (Lipinski definition) is 5. The molecule has 1 amide bonds. The zero-order chi connectivity index (χ0) is 20.5. The lowest BCUT2D eigenvalue weighted by atomic mass is 10.1. The number of benzene rings is 2. The fourth-order valence-corrected chi connectivity index (χ4v) is 4.15. The van der Waals surface area contributed by atoms with E-state index in [1.54, 1.807) is 6.08 Å². The van der Waals surface area contributed by atoms with Crippen LogP contribution in [-0.2, 0) is 11.4 Å². The molecular weight excluding hydrogens is 452 g/mol. The van der Waals surface area contributed by atoms with Gasteiger partial charge in [0.05, 0.1) is 15.1 Å². The number of halogens is 1. The number of aliphatic imine (C=N–C) groups is 1. The van der Waals surface area contributed by atoms with E-state index in [2.05, 4.69) is 39.0 Å². The summed E-state index contributed by atoms with van der Waals surface area (Å²) < 4.78 is 6.70. The van der Waals surface area contributed by atoms with Gasteiger partial charge in [0, 0.05) is 0 Å². The predicted molar refractivity (Wildman–Crippen MR) is 120 cm³/mol. The molecule has 0 unspecified atom stereocenters. The number of amidine groups is 2. The first-order chi connectivity index (χ1) is 13.9. The van der Waals surface area contributed by atoms with Gasteiger partial charge < -0.3 is 4.74 Å². The van der Waals surface area contributed by atoms with Crippen molar-refractivity contribution in [2.45, 2.75) is 20.5 Å². The van der Waals surface area contributed by atoms with E-state index >= 15 is 0 Å². The Balaban J connectivity index is 1.54. The zero-order valence-electron chi connectivity index (χ0n) is 15.8. The average Bonchev–Trinajstić information content (AvgIpc) is 3.06. The summed E-state index contributed by atoms with van der Waals surface area (Å²) in [7, 11) is 0. The molecule has 2 aromatic carbocycles. The standard InChI is InChI=1S/C21H17BrN4O2S/c1-12-5-3-4-6-15(12)11-28-18-8-7-14(10-17(18)22)9-16-19(23)26-21(24-20(16)27)29-13(2)25-26/h3-10,23H,11H2,1-2H3/b16-9-,23-19?. The summed E-state index contributed by atoms with van der Waals surface area (Å²) in [5, 5.41) is 15.1. The Morgan fingerprint density at radius 2 is 2.03 bits per heavy atom. The van der Waals surface area contributed by atoms with Crippen LogP contribution in [0.3, 0.4) is 0 Å². The van der Waals surface area contributed by atoms with Crippen LogP contribution in [0.2, 0.25) is 0 Å². The van der Waals surface area contributed by atoms with Crippen LogP contribution in [0.15, 0.2) is 62.6 Å². The molecule has 2 aromatic rings. The first kappa shape index (κ1) is 19.6. The Morgan fingerprint density at radius 1 is 1.24 bits per heavy atom.